The van der Waals surface area contributed by atoms with Crippen molar-refractivity contribution in [1.82, 2.24) is 19.5 Å². The van der Waals surface area contributed by atoms with Crippen LogP contribution in [-0.4, -0.2) is 36.9 Å². The SMILES string of the molecule is O=C(c1ccccc1[N+](=O)[O-])N1CCC[C@@H]1c1nnc2ccccn12. The van der Waals surface area contributed by atoms with Crippen LogP contribution in [0.15, 0.2) is 48.7 Å². The van der Waals surface area contributed by atoms with Crippen LogP contribution in [0.4, 0.5) is 5.69 Å². The molecule has 0 aliphatic carbocycles. The highest BCUT2D eigenvalue weighted by Gasteiger charge is 2.35. The molecular formula is C17H15N5O3. The number of aromatic nitrogens is 3. The molecule has 8 heteroatoms. The average molecular weight is 337 g/mol. The second kappa shape index (κ2) is 5.97. The van der Waals surface area contributed by atoms with Crippen molar-refractivity contribution in [2.24, 2.45) is 0 Å². The number of fused-ring (bicyclic) bond motifs is 1. The van der Waals surface area contributed by atoms with Gasteiger partial charge in [0.25, 0.3) is 11.6 Å². The van der Waals surface area contributed by atoms with Crippen LogP contribution in [0.5, 0.6) is 0 Å². The molecule has 1 saturated heterocycles. The van der Waals surface area contributed by atoms with E-state index in [2.05, 4.69) is 10.2 Å². The molecular weight excluding hydrogens is 322 g/mol. The largest absolute Gasteiger partial charge is 0.328 e. The number of hydrogen-bond acceptors (Lipinski definition) is 5. The number of amides is 1. The Labute approximate surface area is 142 Å². The van der Waals surface area contributed by atoms with E-state index in [4.69, 9.17) is 0 Å². The molecule has 1 fully saturated rings. The topological polar surface area (TPSA) is 93.6 Å². The monoisotopic (exact) mass is 337 g/mol. The summed E-state index contributed by atoms with van der Waals surface area (Å²) in [6.45, 7) is 0.539. The second-order valence-corrected chi connectivity index (χ2v) is 5.92. The molecule has 0 bridgehead atoms. The summed E-state index contributed by atoms with van der Waals surface area (Å²) in [7, 11) is 0. The first kappa shape index (κ1) is 15.3. The number of pyridine rings is 1. The van der Waals surface area contributed by atoms with Crippen molar-refractivity contribution in [3.8, 4) is 0 Å². The fourth-order valence-corrected chi connectivity index (χ4v) is 3.33. The van der Waals surface area contributed by atoms with E-state index in [0.717, 1.165) is 12.8 Å². The summed E-state index contributed by atoms with van der Waals surface area (Å²) in [5, 5.41) is 19.6. The fourth-order valence-electron chi connectivity index (χ4n) is 3.33. The zero-order chi connectivity index (χ0) is 17.4. The van der Waals surface area contributed by atoms with Gasteiger partial charge in [0.05, 0.1) is 11.0 Å². The van der Waals surface area contributed by atoms with E-state index in [9.17, 15) is 14.9 Å². The summed E-state index contributed by atoms with van der Waals surface area (Å²) >= 11 is 0. The van der Waals surface area contributed by atoms with E-state index in [1.165, 1.54) is 12.1 Å². The van der Waals surface area contributed by atoms with Gasteiger partial charge in [-0.3, -0.25) is 19.3 Å². The number of para-hydroxylation sites is 1. The molecule has 126 valence electrons. The molecule has 1 aliphatic heterocycles. The molecule has 0 spiro atoms. The smallest absolute Gasteiger partial charge is 0.282 e. The Morgan fingerprint density at radius 1 is 1.16 bits per heavy atom. The first-order valence-electron chi connectivity index (χ1n) is 8.01. The molecule has 25 heavy (non-hydrogen) atoms. The molecule has 3 aromatic rings. The maximum atomic E-state index is 13.0. The molecule has 4 rings (SSSR count). The van der Waals surface area contributed by atoms with E-state index in [0.29, 0.717) is 18.0 Å². The van der Waals surface area contributed by atoms with Crippen LogP contribution in [0.3, 0.4) is 0 Å². The molecule has 0 saturated carbocycles. The van der Waals surface area contributed by atoms with Crippen molar-refractivity contribution >= 4 is 17.2 Å². The van der Waals surface area contributed by atoms with Gasteiger partial charge >= 0.3 is 0 Å². The lowest BCUT2D eigenvalue weighted by Crippen LogP contribution is -2.32. The highest BCUT2D eigenvalue weighted by Crippen LogP contribution is 2.33. The van der Waals surface area contributed by atoms with E-state index in [1.54, 1.807) is 17.0 Å². The Morgan fingerprint density at radius 2 is 1.96 bits per heavy atom. The van der Waals surface area contributed by atoms with E-state index < -0.39 is 4.92 Å². The van der Waals surface area contributed by atoms with Gasteiger partial charge in [-0.05, 0) is 31.0 Å². The number of hydrogen-bond donors (Lipinski definition) is 0. The Balaban J connectivity index is 1.73. The molecule has 1 atom stereocenters. The van der Waals surface area contributed by atoms with Crippen LogP contribution >= 0.6 is 0 Å². The van der Waals surface area contributed by atoms with Crippen molar-refractivity contribution in [2.45, 2.75) is 18.9 Å². The summed E-state index contributed by atoms with van der Waals surface area (Å²) in [5.41, 5.74) is 0.639. The first-order valence-corrected chi connectivity index (χ1v) is 8.01. The summed E-state index contributed by atoms with van der Waals surface area (Å²) in [5.74, 6) is 0.336. The van der Waals surface area contributed by atoms with Gasteiger partial charge in [-0.1, -0.05) is 18.2 Å². The maximum absolute atomic E-state index is 13.0. The van der Waals surface area contributed by atoms with Crippen LogP contribution in [0.2, 0.25) is 0 Å². The van der Waals surface area contributed by atoms with E-state index in [-0.39, 0.29) is 23.2 Å². The Hall–Kier alpha value is -3.29. The van der Waals surface area contributed by atoms with Gasteiger partial charge in [-0.25, -0.2) is 0 Å². The van der Waals surface area contributed by atoms with Crippen LogP contribution < -0.4 is 0 Å². The standard InChI is InChI=1S/C17H15N5O3/c23-17(12-6-1-2-7-13(12)22(24)25)20-11-5-8-14(20)16-19-18-15-9-3-4-10-21(15)16/h1-4,6-7,9-10,14H,5,8,11H2/t14-/m1/s1. The normalized spacial score (nSPS) is 17.1. The number of carbonyl (C=O) groups excluding carboxylic acids is 1. The zero-order valence-corrected chi connectivity index (χ0v) is 13.3. The second-order valence-electron chi connectivity index (χ2n) is 5.92. The molecule has 2 aromatic heterocycles. The van der Waals surface area contributed by atoms with Crippen molar-refractivity contribution in [3.63, 3.8) is 0 Å². The quantitative estimate of drug-likeness (QED) is 0.541. The molecule has 0 radical (unpaired) electrons. The molecule has 0 unspecified atom stereocenters. The maximum Gasteiger partial charge on any atom is 0.282 e. The Kier molecular flexibility index (Phi) is 3.64. The fraction of sp³-hybridized carbons (Fsp3) is 0.235. The lowest BCUT2D eigenvalue weighted by atomic mass is 10.1. The van der Waals surface area contributed by atoms with Crippen molar-refractivity contribution in [1.29, 1.82) is 0 Å². The number of rotatable bonds is 3. The number of nitro groups is 1. The molecule has 0 N–H and O–H groups in total. The van der Waals surface area contributed by atoms with Gasteiger partial charge in [0.15, 0.2) is 11.5 Å². The lowest BCUT2D eigenvalue weighted by molar-refractivity contribution is -0.385. The third kappa shape index (κ3) is 2.51. The number of likely N-dealkylation sites (tertiary alicyclic amines) is 1. The molecule has 1 aromatic carbocycles. The number of carbonyl (C=O) groups is 1. The summed E-state index contributed by atoms with van der Waals surface area (Å²) in [6.07, 6.45) is 3.43. The van der Waals surface area contributed by atoms with Crippen molar-refractivity contribution in [2.75, 3.05) is 6.54 Å². The predicted molar refractivity (Wildman–Crippen MR) is 89.1 cm³/mol. The molecule has 1 aliphatic rings. The Morgan fingerprint density at radius 3 is 2.80 bits per heavy atom. The van der Waals surface area contributed by atoms with Crippen LogP contribution in [-0.2, 0) is 0 Å². The van der Waals surface area contributed by atoms with Gasteiger partial charge in [-0.2, -0.15) is 0 Å². The summed E-state index contributed by atoms with van der Waals surface area (Å²) < 4.78 is 1.86. The van der Waals surface area contributed by atoms with Crippen LogP contribution in [0.1, 0.15) is 35.1 Å². The Bertz CT molecular complexity index is 968. The number of nitrogens with zero attached hydrogens (tertiary/aromatic N) is 5. The van der Waals surface area contributed by atoms with Gasteiger partial charge in [0.1, 0.15) is 5.56 Å². The molecule has 8 nitrogen and oxygen atoms in total. The van der Waals surface area contributed by atoms with Gasteiger partial charge in [0.2, 0.25) is 0 Å². The van der Waals surface area contributed by atoms with E-state index >= 15 is 0 Å². The molecule has 1 amide bonds. The lowest BCUT2D eigenvalue weighted by Gasteiger charge is -2.23. The number of nitro benzene ring substituents is 1. The highest BCUT2D eigenvalue weighted by molar-refractivity contribution is 5.98. The van der Waals surface area contributed by atoms with Gasteiger partial charge < -0.3 is 4.90 Å². The summed E-state index contributed by atoms with van der Waals surface area (Å²) in [4.78, 5) is 25.3. The van der Waals surface area contributed by atoms with Crippen LogP contribution in [0, 0.1) is 10.1 Å². The minimum absolute atomic E-state index is 0.105. The van der Waals surface area contributed by atoms with Gasteiger partial charge in [0, 0.05) is 18.8 Å². The van der Waals surface area contributed by atoms with E-state index in [1.807, 2.05) is 28.8 Å². The number of benzene rings is 1. The van der Waals surface area contributed by atoms with Crippen molar-refractivity contribution < 1.29 is 9.72 Å². The third-order valence-electron chi connectivity index (χ3n) is 4.48. The van der Waals surface area contributed by atoms with Gasteiger partial charge in [-0.15, -0.1) is 10.2 Å². The minimum Gasteiger partial charge on any atom is -0.328 e. The van der Waals surface area contributed by atoms with Crippen LogP contribution in [0.25, 0.3) is 5.65 Å². The minimum atomic E-state index is -0.523. The predicted octanol–water partition coefficient (Wildman–Crippen LogP) is 2.61. The zero-order valence-electron chi connectivity index (χ0n) is 13.3. The summed E-state index contributed by atoms with van der Waals surface area (Å²) in [6, 6.07) is 11.4. The van der Waals surface area contributed by atoms with Crippen molar-refractivity contribution in [3.05, 3.63) is 70.2 Å². The molecule has 3 heterocycles. The third-order valence-corrected chi connectivity index (χ3v) is 4.48. The average Bonchev–Trinajstić information content (AvgIpc) is 3.27. The first-order chi connectivity index (χ1) is 12.2. The highest BCUT2D eigenvalue weighted by atomic mass is 16.6.